The second-order valence-corrected chi connectivity index (χ2v) is 5.24. The predicted octanol–water partition coefficient (Wildman–Crippen LogP) is 3.08. The maximum atomic E-state index is 12.7. The zero-order chi connectivity index (χ0) is 15.5. The Labute approximate surface area is 121 Å². The molecule has 1 aromatic rings. The highest BCUT2D eigenvalue weighted by atomic mass is 19.4. The summed E-state index contributed by atoms with van der Waals surface area (Å²) in [6.07, 6.45) is -1.26. The van der Waals surface area contributed by atoms with Crippen LogP contribution in [0.3, 0.4) is 0 Å². The average molecular weight is 301 g/mol. The van der Waals surface area contributed by atoms with Crippen molar-refractivity contribution in [2.75, 3.05) is 13.2 Å². The van der Waals surface area contributed by atoms with Gasteiger partial charge in [-0.25, -0.2) is 0 Å². The Bertz CT molecular complexity index is 498. The molecule has 0 radical (unpaired) electrons. The summed E-state index contributed by atoms with van der Waals surface area (Å²) in [4.78, 5) is 14.0. The van der Waals surface area contributed by atoms with Crippen LogP contribution in [0.1, 0.15) is 41.6 Å². The molecule has 1 aromatic carbocycles. The smallest absolute Gasteiger partial charge is 0.396 e. The summed E-state index contributed by atoms with van der Waals surface area (Å²) in [5.41, 5.74) is -0.765. The van der Waals surface area contributed by atoms with Gasteiger partial charge in [0.15, 0.2) is 0 Å². The van der Waals surface area contributed by atoms with E-state index < -0.39 is 11.7 Å². The van der Waals surface area contributed by atoms with Gasteiger partial charge in [-0.1, -0.05) is 6.07 Å². The first kappa shape index (κ1) is 15.8. The van der Waals surface area contributed by atoms with E-state index in [1.165, 1.54) is 12.1 Å². The summed E-state index contributed by atoms with van der Waals surface area (Å²) < 4.78 is 38.1. The molecule has 0 aliphatic heterocycles. The van der Waals surface area contributed by atoms with Gasteiger partial charge in [-0.3, -0.25) is 4.79 Å². The first-order chi connectivity index (χ1) is 9.93. The van der Waals surface area contributed by atoms with Crippen LogP contribution in [0.2, 0.25) is 0 Å². The molecule has 1 aliphatic carbocycles. The van der Waals surface area contributed by atoms with Crippen LogP contribution in [-0.4, -0.2) is 35.1 Å². The van der Waals surface area contributed by atoms with Crippen molar-refractivity contribution < 1.29 is 23.1 Å². The maximum Gasteiger partial charge on any atom is 0.416 e. The quantitative estimate of drug-likeness (QED) is 0.908. The van der Waals surface area contributed by atoms with Crippen LogP contribution in [0.15, 0.2) is 24.3 Å². The summed E-state index contributed by atoms with van der Waals surface area (Å²) in [5.74, 6) is -0.390. The van der Waals surface area contributed by atoms with Crippen LogP contribution in [0, 0.1) is 0 Å². The second-order valence-electron chi connectivity index (χ2n) is 5.24. The molecule has 0 spiro atoms. The standard InChI is InChI=1S/C15H18F3NO2/c16-15(17,18)12-5-1-4-11(10-12)14(21)19(8-3-9-20)13-6-2-7-13/h1,4-5,10,13,20H,2-3,6-9H2. The molecule has 1 fully saturated rings. The third kappa shape index (κ3) is 3.75. The lowest BCUT2D eigenvalue weighted by molar-refractivity contribution is -0.137. The summed E-state index contributed by atoms with van der Waals surface area (Å²) in [6.45, 7) is 0.329. The number of aliphatic hydroxyl groups is 1. The highest BCUT2D eigenvalue weighted by Crippen LogP contribution is 2.31. The zero-order valence-corrected chi connectivity index (χ0v) is 11.6. The topological polar surface area (TPSA) is 40.5 Å². The summed E-state index contributed by atoms with van der Waals surface area (Å²) in [7, 11) is 0. The molecule has 1 saturated carbocycles. The van der Waals surface area contributed by atoms with E-state index in [2.05, 4.69) is 0 Å². The van der Waals surface area contributed by atoms with Gasteiger partial charge in [-0.2, -0.15) is 13.2 Å². The van der Waals surface area contributed by atoms with Gasteiger partial charge < -0.3 is 10.0 Å². The lowest BCUT2D eigenvalue weighted by Gasteiger charge is -2.37. The van der Waals surface area contributed by atoms with E-state index in [0.717, 1.165) is 31.4 Å². The fourth-order valence-electron chi connectivity index (χ4n) is 2.38. The number of aliphatic hydroxyl groups excluding tert-OH is 1. The maximum absolute atomic E-state index is 12.7. The number of rotatable bonds is 5. The first-order valence-electron chi connectivity index (χ1n) is 7.02. The van der Waals surface area contributed by atoms with Gasteiger partial charge in [0, 0.05) is 24.8 Å². The number of carbonyl (C=O) groups is 1. The van der Waals surface area contributed by atoms with Crippen LogP contribution in [-0.2, 0) is 6.18 Å². The molecular weight excluding hydrogens is 283 g/mol. The van der Waals surface area contributed by atoms with Crippen molar-refractivity contribution in [1.82, 2.24) is 4.90 Å². The Morgan fingerprint density at radius 3 is 2.57 bits per heavy atom. The predicted molar refractivity (Wildman–Crippen MR) is 71.8 cm³/mol. The van der Waals surface area contributed by atoms with Crippen LogP contribution in [0.5, 0.6) is 0 Å². The van der Waals surface area contributed by atoms with E-state index in [-0.39, 0.29) is 24.1 Å². The molecule has 21 heavy (non-hydrogen) atoms. The number of hydrogen-bond acceptors (Lipinski definition) is 2. The Morgan fingerprint density at radius 1 is 1.33 bits per heavy atom. The molecule has 0 saturated heterocycles. The number of hydrogen-bond donors (Lipinski definition) is 1. The number of amides is 1. The molecule has 3 nitrogen and oxygen atoms in total. The van der Waals surface area contributed by atoms with E-state index in [1.807, 2.05) is 0 Å². The lowest BCUT2D eigenvalue weighted by atomic mass is 9.90. The molecular formula is C15H18F3NO2. The molecule has 1 amide bonds. The normalized spacial score (nSPS) is 15.6. The Hall–Kier alpha value is -1.56. The molecule has 1 aliphatic rings. The van der Waals surface area contributed by atoms with Crippen LogP contribution in [0.4, 0.5) is 13.2 Å². The first-order valence-corrected chi connectivity index (χ1v) is 7.02. The van der Waals surface area contributed by atoms with E-state index in [1.54, 1.807) is 4.90 Å². The van der Waals surface area contributed by atoms with Crippen LogP contribution in [0.25, 0.3) is 0 Å². The number of carbonyl (C=O) groups excluding carboxylic acids is 1. The minimum absolute atomic E-state index is 0.0426. The highest BCUT2D eigenvalue weighted by molar-refractivity contribution is 5.94. The van der Waals surface area contributed by atoms with Crippen molar-refractivity contribution in [1.29, 1.82) is 0 Å². The van der Waals surface area contributed by atoms with Crippen molar-refractivity contribution in [2.45, 2.75) is 37.9 Å². The number of alkyl halides is 3. The molecule has 0 heterocycles. The Balaban J connectivity index is 2.19. The Kier molecular flexibility index (Phi) is 4.88. The fraction of sp³-hybridized carbons (Fsp3) is 0.533. The fourth-order valence-corrected chi connectivity index (χ4v) is 2.38. The van der Waals surface area contributed by atoms with Crippen molar-refractivity contribution in [2.24, 2.45) is 0 Å². The summed E-state index contributed by atoms with van der Waals surface area (Å²) >= 11 is 0. The molecule has 0 atom stereocenters. The van der Waals surface area contributed by atoms with E-state index in [4.69, 9.17) is 5.11 Å². The molecule has 6 heteroatoms. The van der Waals surface area contributed by atoms with E-state index in [9.17, 15) is 18.0 Å². The number of halogens is 3. The SMILES string of the molecule is O=C(c1cccc(C(F)(F)F)c1)N(CCCO)C1CCC1. The van der Waals surface area contributed by atoms with Gasteiger partial charge in [-0.15, -0.1) is 0 Å². The number of nitrogens with zero attached hydrogens (tertiary/aromatic N) is 1. The van der Waals surface area contributed by atoms with E-state index >= 15 is 0 Å². The van der Waals surface area contributed by atoms with Gasteiger partial charge in [0.2, 0.25) is 0 Å². The van der Waals surface area contributed by atoms with Gasteiger partial charge in [0.1, 0.15) is 0 Å². The van der Waals surface area contributed by atoms with E-state index in [0.29, 0.717) is 13.0 Å². The summed E-state index contributed by atoms with van der Waals surface area (Å²) in [6, 6.07) is 4.59. The third-order valence-electron chi connectivity index (χ3n) is 3.77. The monoisotopic (exact) mass is 301 g/mol. The lowest BCUT2D eigenvalue weighted by Crippen LogP contribution is -2.45. The van der Waals surface area contributed by atoms with Crippen molar-refractivity contribution in [3.8, 4) is 0 Å². The van der Waals surface area contributed by atoms with Crippen molar-refractivity contribution in [3.63, 3.8) is 0 Å². The van der Waals surface area contributed by atoms with Crippen molar-refractivity contribution >= 4 is 5.91 Å². The van der Waals surface area contributed by atoms with Crippen molar-refractivity contribution in [3.05, 3.63) is 35.4 Å². The van der Waals surface area contributed by atoms with Crippen LogP contribution >= 0.6 is 0 Å². The molecule has 2 rings (SSSR count). The zero-order valence-electron chi connectivity index (χ0n) is 11.6. The number of benzene rings is 1. The molecule has 0 aromatic heterocycles. The van der Waals surface area contributed by atoms with Gasteiger partial charge in [0.05, 0.1) is 5.56 Å². The minimum Gasteiger partial charge on any atom is -0.396 e. The van der Waals surface area contributed by atoms with Gasteiger partial charge in [0.25, 0.3) is 5.91 Å². The Morgan fingerprint density at radius 2 is 2.05 bits per heavy atom. The second kappa shape index (κ2) is 6.47. The molecule has 0 bridgehead atoms. The van der Waals surface area contributed by atoms with Gasteiger partial charge >= 0.3 is 6.18 Å². The molecule has 1 N–H and O–H groups in total. The minimum atomic E-state index is -4.46. The largest absolute Gasteiger partial charge is 0.416 e. The average Bonchev–Trinajstić information content (AvgIpc) is 2.39. The highest BCUT2D eigenvalue weighted by Gasteiger charge is 2.33. The van der Waals surface area contributed by atoms with Crippen LogP contribution < -0.4 is 0 Å². The third-order valence-corrected chi connectivity index (χ3v) is 3.77. The molecule has 116 valence electrons. The van der Waals surface area contributed by atoms with Gasteiger partial charge in [-0.05, 0) is 43.9 Å². The molecule has 0 unspecified atom stereocenters. The summed E-state index contributed by atoms with van der Waals surface area (Å²) in [5, 5.41) is 8.90.